The summed E-state index contributed by atoms with van der Waals surface area (Å²) in [6.45, 7) is 6.30. The quantitative estimate of drug-likeness (QED) is 0.594. The Balaban J connectivity index is 1.53. The van der Waals surface area contributed by atoms with Crippen molar-refractivity contribution in [3.63, 3.8) is 0 Å². The average Bonchev–Trinajstić information content (AvgIpc) is 2.71. The molecule has 1 amide bonds. The summed E-state index contributed by atoms with van der Waals surface area (Å²) in [6, 6.07) is 18.5. The van der Waals surface area contributed by atoms with Crippen LogP contribution in [0.2, 0.25) is 0 Å². The van der Waals surface area contributed by atoms with E-state index in [4.69, 9.17) is 0 Å². The van der Waals surface area contributed by atoms with Crippen molar-refractivity contribution in [3.8, 4) is 11.1 Å². The zero-order valence-corrected chi connectivity index (χ0v) is 16.9. The normalized spacial score (nSPS) is 11.8. The van der Waals surface area contributed by atoms with E-state index < -0.39 is 0 Å². The molecule has 0 fully saturated rings. The predicted octanol–water partition coefficient (Wildman–Crippen LogP) is 5.51. The highest BCUT2D eigenvalue weighted by molar-refractivity contribution is 5.94. The van der Waals surface area contributed by atoms with E-state index in [1.807, 2.05) is 36.5 Å². The van der Waals surface area contributed by atoms with Crippen LogP contribution in [-0.2, 0) is 6.42 Å². The van der Waals surface area contributed by atoms with E-state index in [2.05, 4.69) is 55.3 Å². The maximum Gasteiger partial charge on any atom is 0.251 e. The zero-order chi connectivity index (χ0) is 19.9. The van der Waals surface area contributed by atoms with Crippen LogP contribution in [0, 0.1) is 13.8 Å². The number of pyridine rings is 1. The van der Waals surface area contributed by atoms with Crippen LogP contribution in [0.3, 0.4) is 0 Å². The van der Waals surface area contributed by atoms with Crippen LogP contribution < -0.4 is 5.32 Å². The van der Waals surface area contributed by atoms with E-state index in [9.17, 15) is 4.79 Å². The third-order valence-corrected chi connectivity index (χ3v) is 5.19. The van der Waals surface area contributed by atoms with E-state index in [-0.39, 0.29) is 11.9 Å². The van der Waals surface area contributed by atoms with E-state index in [1.165, 1.54) is 22.3 Å². The average molecular weight is 373 g/mol. The van der Waals surface area contributed by atoms with Gasteiger partial charge in [0, 0.05) is 24.0 Å². The van der Waals surface area contributed by atoms with Gasteiger partial charge in [0.15, 0.2) is 0 Å². The summed E-state index contributed by atoms with van der Waals surface area (Å²) in [5.41, 5.74) is 6.81. The molecule has 0 bridgehead atoms. The summed E-state index contributed by atoms with van der Waals surface area (Å²) in [5.74, 6) is -0.0134. The van der Waals surface area contributed by atoms with Crippen LogP contribution in [0.15, 0.2) is 67.0 Å². The Morgan fingerprint density at radius 1 is 1.00 bits per heavy atom. The predicted molar refractivity (Wildman–Crippen MR) is 115 cm³/mol. The number of amides is 1. The van der Waals surface area contributed by atoms with Crippen molar-refractivity contribution >= 4 is 5.91 Å². The van der Waals surface area contributed by atoms with Crippen LogP contribution in [-0.4, -0.2) is 16.9 Å². The van der Waals surface area contributed by atoms with Crippen LogP contribution in [0.25, 0.3) is 11.1 Å². The number of benzene rings is 2. The van der Waals surface area contributed by atoms with Crippen LogP contribution >= 0.6 is 0 Å². The standard InChI is InChI=1S/C25H28N2O/c1-18-9-10-24(16-19(18)2)22-11-13-23(14-12-22)25(28)27-20(3)6-4-7-21-8-5-15-26-17-21/h5,8-17,20H,4,6-7H2,1-3H3,(H,27,28). The van der Waals surface area contributed by atoms with Gasteiger partial charge in [-0.1, -0.05) is 36.4 Å². The Kier molecular flexibility index (Phi) is 6.59. The van der Waals surface area contributed by atoms with Crippen molar-refractivity contribution in [1.82, 2.24) is 10.3 Å². The number of aryl methyl sites for hydroxylation is 3. The number of aromatic nitrogens is 1. The molecular weight excluding hydrogens is 344 g/mol. The molecular formula is C25H28N2O. The molecule has 1 unspecified atom stereocenters. The first-order chi connectivity index (χ1) is 13.5. The molecule has 0 aliphatic heterocycles. The Morgan fingerprint density at radius 2 is 1.75 bits per heavy atom. The van der Waals surface area contributed by atoms with Gasteiger partial charge in [0.25, 0.3) is 5.91 Å². The molecule has 1 N–H and O–H groups in total. The Labute approximate surface area is 167 Å². The highest BCUT2D eigenvalue weighted by atomic mass is 16.1. The molecule has 3 rings (SSSR count). The topological polar surface area (TPSA) is 42.0 Å². The maximum atomic E-state index is 12.5. The Bertz CT molecular complexity index is 917. The van der Waals surface area contributed by atoms with Gasteiger partial charge in [-0.05, 0) is 86.1 Å². The van der Waals surface area contributed by atoms with Gasteiger partial charge in [-0.25, -0.2) is 0 Å². The monoisotopic (exact) mass is 372 g/mol. The van der Waals surface area contributed by atoms with Gasteiger partial charge in [0.2, 0.25) is 0 Å². The lowest BCUT2D eigenvalue weighted by molar-refractivity contribution is 0.0938. The van der Waals surface area contributed by atoms with Crippen molar-refractivity contribution in [2.45, 2.75) is 46.1 Å². The van der Waals surface area contributed by atoms with Gasteiger partial charge in [-0.15, -0.1) is 0 Å². The van der Waals surface area contributed by atoms with Crippen LogP contribution in [0.5, 0.6) is 0 Å². The summed E-state index contributed by atoms with van der Waals surface area (Å²) >= 11 is 0. The highest BCUT2D eigenvalue weighted by Gasteiger charge is 2.10. The summed E-state index contributed by atoms with van der Waals surface area (Å²) in [7, 11) is 0. The number of hydrogen-bond acceptors (Lipinski definition) is 2. The van der Waals surface area contributed by atoms with Gasteiger partial charge in [-0.2, -0.15) is 0 Å². The van der Waals surface area contributed by atoms with Crippen molar-refractivity contribution in [2.75, 3.05) is 0 Å². The molecule has 3 nitrogen and oxygen atoms in total. The summed E-state index contributed by atoms with van der Waals surface area (Å²) in [5, 5.41) is 3.10. The number of nitrogens with one attached hydrogen (secondary N) is 1. The van der Waals surface area contributed by atoms with Gasteiger partial charge in [0.05, 0.1) is 0 Å². The second kappa shape index (κ2) is 9.32. The molecule has 1 aromatic heterocycles. The van der Waals surface area contributed by atoms with E-state index in [0.29, 0.717) is 5.56 Å². The Hall–Kier alpha value is -2.94. The summed E-state index contributed by atoms with van der Waals surface area (Å²) < 4.78 is 0. The lowest BCUT2D eigenvalue weighted by Gasteiger charge is -2.14. The SMILES string of the molecule is Cc1ccc(-c2ccc(C(=O)NC(C)CCCc3cccnc3)cc2)cc1C. The van der Waals surface area contributed by atoms with Gasteiger partial charge >= 0.3 is 0 Å². The van der Waals surface area contributed by atoms with Crippen molar-refractivity contribution in [3.05, 3.63) is 89.2 Å². The van der Waals surface area contributed by atoms with E-state index in [1.54, 1.807) is 6.20 Å². The molecule has 144 valence electrons. The lowest BCUT2D eigenvalue weighted by Crippen LogP contribution is -2.32. The minimum Gasteiger partial charge on any atom is -0.350 e. The minimum atomic E-state index is -0.0134. The molecule has 0 saturated carbocycles. The fraction of sp³-hybridized carbons (Fsp3) is 0.280. The zero-order valence-electron chi connectivity index (χ0n) is 16.9. The molecule has 0 aliphatic carbocycles. The summed E-state index contributed by atoms with van der Waals surface area (Å²) in [4.78, 5) is 16.7. The fourth-order valence-corrected chi connectivity index (χ4v) is 3.27. The molecule has 1 atom stereocenters. The first kappa shape index (κ1) is 19.8. The molecule has 0 spiro atoms. The molecule has 1 heterocycles. The van der Waals surface area contributed by atoms with Crippen LogP contribution in [0.4, 0.5) is 0 Å². The molecule has 0 radical (unpaired) electrons. The fourth-order valence-electron chi connectivity index (χ4n) is 3.27. The maximum absolute atomic E-state index is 12.5. The number of rotatable bonds is 7. The summed E-state index contributed by atoms with van der Waals surface area (Å²) in [6.07, 6.45) is 6.65. The van der Waals surface area contributed by atoms with Crippen LogP contribution in [0.1, 0.15) is 46.8 Å². The van der Waals surface area contributed by atoms with E-state index in [0.717, 1.165) is 24.8 Å². The number of nitrogens with zero attached hydrogens (tertiary/aromatic N) is 1. The smallest absolute Gasteiger partial charge is 0.251 e. The molecule has 0 saturated heterocycles. The molecule has 3 heteroatoms. The van der Waals surface area contributed by atoms with Gasteiger partial charge in [-0.3, -0.25) is 9.78 Å². The third-order valence-electron chi connectivity index (χ3n) is 5.19. The van der Waals surface area contributed by atoms with Crippen molar-refractivity contribution < 1.29 is 4.79 Å². The largest absolute Gasteiger partial charge is 0.350 e. The van der Waals surface area contributed by atoms with Crippen molar-refractivity contribution in [1.29, 1.82) is 0 Å². The third kappa shape index (κ3) is 5.29. The molecule has 2 aromatic carbocycles. The van der Waals surface area contributed by atoms with Gasteiger partial charge < -0.3 is 5.32 Å². The number of carbonyl (C=O) groups excluding carboxylic acids is 1. The first-order valence-electron chi connectivity index (χ1n) is 9.90. The second-order valence-corrected chi connectivity index (χ2v) is 7.50. The van der Waals surface area contributed by atoms with Gasteiger partial charge in [0.1, 0.15) is 0 Å². The molecule has 0 aliphatic rings. The number of hydrogen-bond donors (Lipinski definition) is 1. The molecule has 28 heavy (non-hydrogen) atoms. The first-order valence-corrected chi connectivity index (χ1v) is 9.90. The number of carbonyl (C=O) groups is 1. The second-order valence-electron chi connectivity index (χ2n) is 7.50. The van der Waals surface area contributed by atoms with E-state index >= 15 is 0 Å². The highest BCUT2D eigenvalue weighted by Crippen LogP contribution is 2.22. The molecule has 3 aromatic rings. The Morgan fingerprint density at radius 3 is 2.43 bits per heavy atom. The lowest BCUT2D eigenvalue weighted by atomic mass is 9.99. The van der Waals surface area contributed by atoms with Crippen molar-refractivity contribution in [2.24, 2.45) is 0 Å². The minimum absolute atomic E-state index is 0.0134.